The van der Waals surface area contributed by atoms with Gasteiger partial charge in [0, 0.05) is 24.3 Å². The Balaban J connectivity index is 2.06. The van der Waals surface area contributed by atoms with Crippen LogP contribution in [0.25, 0.3) is 0 Å². The fourth-order valence-corrected chi connectivity index (χ4v) is 3.91. The standard InChI is InChI=1S/C14H24N2O2S/c1-3-4-12-14(18)16(8-7-13(17)15-12)10-5-6-11(9-10)19-2/h10-12H,3-9H2,1-2H3,(H,15,17). The van der Waals surface area contributed by atoms with E-state index in [9.17, 15) is 9.59 Å². The van der Waals surface area contributed by atoms with E-state index in [2.05, 4.69) is 11.6 Å². The molecular formula is C14H24N2O2S. The highest BCUT2D eigenvalue weighted by Gasteiger charge is 2.36. The minimum Gasteiger partial charge on any atom is -0.344 e. The molecule has 0 spiro atoms. The molecule has 1 saturated heterocycles. The number of nitrogens with zero attached hydrogens (tertiary/aromatic N) is 1. The highest BCUT2D eigenvalue weighted by atomic mass is 32.2. The van der Waals surface area contributed by atoms with E-state index in [4.69, 9.17) is 0 Å². The van der Waals surface area contributed by atoms with Crippen LogP contribution in [-0.2, 0) is 9.59 Å². The van der Waals surface area contributed by atoms with Crippen molar-refractivity contribution >= 4 is 23.6 Å². The molecule has 3 unspecified atom stereocenters. The van der Waals surface area contributed by atoms with Crippen molar-refractivity contribution in [2.24, 2.45) is 0 Å². The lowest BCUT2D eigenvalue weighted by atomic mass is 10.1. The van der Waals surface area contributed by atoms with Gasteiger partial charge in [0.25, 0.3) is 0 Å². The van der Waals surface area contributed by atoms with Crippen LogP contribution in [0.2, 0.25) is 0 Å². The summed E-state index contributed by atoms with van der Waals surface area (Å²) in [6.07, 6.45) is 7.62. The number of hydrogen-bond donors (Lipinski definition) is 1. The largest absolute Gasteiger partial charge is 0.344 e. The van der Waals surface area contributed by atoms with Crippen LogP contribution in [0.5, 0.6) is 0 Å². The Hall–Kier alpha value is -0.710. The van der Waals surface area contributed by atoms with Gasteiger partial charge in [0.15, 0.2) is 0 Å². The van der Waals surface area contributed by atoms with Crippen molar-refractivity contribution in [2.75, 3.05) is 12.8 Å². The fraction of sp³-hybridized carbons (Fsp3) is 0.857. The Bertz CT molecular complexity index is 348. The molecular weight excluding hydrogens is 260 g/mol. The molecule has 0 radical (unpaired) electrons. The Morgan fingerprint density at radius 3 is 2.79 bits per heavy atom. The fourth-order valence-electron chi connectivity index (χ4n) is 3.12. The van der Waals surface area contributed by atoms with E-state index < -0.39 is 0 Å². The van der Waals surface area contributed by atoms with Crippen LogP contribution in [-0.4, -0.2) is 46.8 Å². The topological polar surface area (TPSA) is 49.4 Å². The number of hydrogen-bond acceptors (Lipinski definition) is 3. The molecule has 5 heteroatoms. The van der Waals surface area contributed by atoms with Crippen molar-refractivity contribution in [1.29, 1.82) is 0 Å². The summed E-state index contributed by atoms with van der Waals surface area (Å²) in [6.45, 7) is 2.64. The van der Waals surface area contributed by atoms with Crippen molar-refractivity contribution in [2.45, 2.75) is 62.8 Å². The first-order valence-electron chi connectivity index (χ1n) is 7.28. The first-order chi connectivity index (χ1) is 9.15. The van der Waals surface area contributed by atoms with Gasteiger partial charge in [-0.05, 0) is 31.9 Å². The summed E-state index contributed by atoms with van der Waals surface area (Å²) in [4.78, 5) is 26.2. The lowest BCUT2D eigenvalue weighted by molar-refractivity contribution is -0.135. The van der Waals surface area contributed by atoms with Crippen LogP contribution in [0.1, 0.15) is 45.4 Å². The molecule has 1 heterocycles. The van der Waals surface area contributed by atoms with Crippen molar-refractivity contribution < 1.29 is 9.59 Å². The second kappa shape index (κ2) is 6.64. The minimum absolute atomic E-state index is 0.0220. The molecule has 0 aromatic heterocycles. The lowest BCUT2D eigenvalue weighted by Crippen LogP contribution is -2.47. The SMILES string of the molecule is CCCC1NC(=O)CCN(C2CCC(SC)C2)C1=O. The predicted octanol–water partition coefficient (Wildman–Crippen LogP) is 1.79. The molecule has 4 nitrogen and oxygen atoms in total. The summed E-state index contributed by atoms with van der Waals surface area (Å²) >= 11 is 1.90. The summed E-state index contributed by atoms with van der Waals surface area (Å²) in [5.74, 6) is 0.160. The zero-order chi connectivity index (χ0) is 13.8. The summed E-state index contributed by atoms with van der Waals surface area (Å²) < 4.78 is 0. The zero-order valence-electron chi connectivity index (χ0n) is 11.9. The number of carbonyl (C=O) groups is 2. The quantitative estimate of drug-likeness (QED) is 0.856. The molecule has 2 rings (SSSR count). The van der Waals surface area contributed by atoms with Crippen LogP contribution in [0.3, 0.4) is 0 Å². The first kappa shape index (κ1) is 14.7. The van der Waals surface area contributed by atoms with Gasteiger partial charge >= 0.3 is 0 Å². The molecule has 0 aromatic carbocycles. The number of rotatable bonds is 4. The van der Waals surface area contributed by atoms with Gasteiger partial charge in [0.1, 0.15) is 6.04 Å². The van der Waals surface area contributed by atoms with Crippen molar-refractivity contribution in [1.82, 2.24) is 10.2 Å². The third-order valence-electron chi connectivity index (χ3n) is 4.20. The maximum atomic E-state index is 12.6. The molecule has 0 aromatic rings. The smallest absolute Gasteiger partial charge is 0.245 e. The van der Waals surface area contributed by atoms with E-state index in [0.717, 1.165) is 25.7 Å². The summed E-state index contributed by atoms with van der Waals surface area (Å²) in [7, 11) is 0. The highest BCUT2D eigenvalue weighted by Crippen LogP contribution is 2.32. The molecule has 0 bridgehead atoms. The van der Waals surface area contributed by atoms with Gasteiger partial charge in [-0.1, -0.05) is 13.3 Å². The van der Waals surface area contributed by atoms with Crippen molar-refractivity contribution in [3.05, 3.63) is 0 Å². The molecule has 2 fully saturated rings. The molecule has 3 atom stereocenters. The molecule has 1 saturated carbocycles. The van der Waals surface area contributed by atoms with Crippen molar-refractivity contribution in [3.63, 3.8) is 0 Å². The third kappa shape index (κ3) is 3.44. The van der Waals surface area contributed by atoms with Crippen LogP contribution < -0.4 is 5.32 Å². The van der Waals surface area contributed by atoms with Crippen molar-refractivity contribution in [3.8, 4) is 0 Å². The van der Waals surface area contributed by atoms with Crippen LogP contribution in [0.15, 0.2) is 0 Å². The second-order valence-corrected chi connectivity index (χ2v) is 6.65. The number of nitrogens with one attached hydrogen (secondary N) is 1. The van der Waals surface area contributed by atoms with Gasteiger partial charge in [0.05, 0.1) is 0 Å². The third-order valence-corrected chi connectivity index (χ3v) is 5.30. The van der Waals surface area contributed by atoms with Gasteiger partial charge in [-0.3, -0.25) is 9.59 Å². The van der Waals surface area contributed by atoms with E-state index in [1.165, 1.54) is 6.42 Å². The first-order valence-corrected chi connectivity index (χ1v) is 8.57. The van der Waals surface area contributed by atoms with Crippen LogP contribution in [0.4, 0.5) is 0 Å². The molecule has 2 amide bonds. The summed E-state index contributed by atoms with van der Waals surface area (Å²) in [5, 5.41) is 3.55. The summed E-state index contributed by atoms with van der Waals surface area (Å²) in [5.41, 5.74) is 0. The van der Waals surface area contributed by atoms with Gasteiger partial charge in [0.2, 0.25) is 11.8 Å². The van der Waals surface area contributed by atoms with E-state index in [1.54, 1.807) is 0 Å². The highest BCUT2D eigenvalue weighted by molar-refractivity contribution is 7.99. The Kier molecular flexibility index (Phi) is 5.13. The number of thioether (sulfide) groups is 1. The van der Waals surface area contributed by atoms with E-state index in [-0.39, 0.29) is 17.9 Å². The second-order valence-electron chi connectivity index (χ2n) is 5.51. The van der Waals surface area contributed by atoms with Gasteiger partial charge in [-0.25, -0.2) is 0 Å². The molecule has 19 heavy (non-hydrogen) atoms. The monoisotopic (exact) mass is 284 g/mol. The average Bonchev–Trinajstić information content (AvgIpc) is 2.82. The Morgan fingerprint density at radius 2 is 2.16 bits per heavy atom. The predicted molar refractivity (Wildman–Crippen MR) is 78.1 cm³/mol. The van der Waals surface area contributed by atoms with Crippen LogP contribution >= 0.6 is 11.8 Å². The van der Waals surface area contributed by atoms with Gasteiger partial charge in [-0.2, -0.15) is 11.8 Å². The molecule has 1 aliphatic carbocycles. The lowest BCUT2D eigenvalue weighted by Gasteiger charge is -2.29. The maximum absolute atomic E-state index is 12.6. The van der Waals surface area contributed by atoms with Gasteiger partial charge < -0.3 is 10.2 Å². The summed E-state index contributed by atoms with van der Waals surface area (Å²) in [6, 6.07) is 0.0466. The van der Waals surface area contributed by atoms with E-state index >= 15 is 0 Å². The van der Waals surface area contributed by atoms with E-state index in [1.807, 2.05) is 23.6 Å². The number of amides is 2. The minimum atomic E-state index is -0.298. The van der Waals surface area contributed by atoms with Gasteiger partial charge in [-0.15, -0.1) is 0 Å². The molecule has 108 valence electrons. The Morgan fingerprint density at radius 1 is 1.37 bits per heavy atom. The normalized spacial score (nSPS) is 32.3. The average molecular weight is 284 g/mol. The molecule has 1 aliphatic heterocycles. The van der Waals surface area contributed by atoms with Crippen LogP contribution in [0, 0.1) is 0 Å². The molecule has 2 aliphatic rings. The zero-order valence-corrected chi connectivity index (χ0v) is 12.7. The maximum Gasteiger partial charge on any atom is 0.245 e. The van der Waals surface area contributed by atoms with E-state index in [0.29, 0.717) is 24.3 Å². The Labute approximate surface area is 119 Å². The molecule has 1 N–H and O–H groups in total. The number of carbonyl (C=O) groups excluding carboxylic acids is 2.